The van der Waals surface area contributed by atoms with Crippen molar-refractivity contribution >= 4 is 5.69 Å². The molecule has 0 saturated heterocycles. The second-order valence-electron chi connectivity index (χ2n) is 3.61. The highest BCUT2D eigenvalue weighted by atomic mass is 16.7. The molecule has 0 fully saturated rings. The highest BCUT2D eigenvalue weighted by Gasteiger charge is 2.17. The average Bonchev–Trinajstić information content (AvgIpc) is 2.63. The Morgan fingerprint density at radius 3 is 2.67 bits per heavy atom. The van der Waals surface area contributed by atoms with Crippen molar-refractivity contribution in [3.8, 4) is 11.5 Å². The van der Waals surface area contributed by atoms with Crippen LogP contribution in [0.4, 0.5) is 5.69 Å². The third-order valence-electron chi connectivity index (χ3n) is 2.43. The van der Waals surface area contributed by atoms with Crippen molar-refractivity contribution in [1.82, 2.24) is 0 Å². The maximum Gasteiger partial charge on any atom is 0.231 e. The number of methoxy groups -OCH3 is 1. The van der Waals surface area contributed by atoms with Gasteiger partial charge in [-0.1, -0.05) is 0 Å². The quantitative estimate of drug-likeness (QED) is 0.710. The van der Waals surface area contributed by atoms with E-state index in [-0.39, 0.29) is 0 Å². The zero-order valence-corrected chi connectivity index (χ0v) is 9.24. The standard InChI is InChI=1S/C11H15NO3/c1-8-4-10-11(15-7-14-10)5-9(8)12(2)6-13-3/h4-5H,6-7H2,1-3H3. The van der Waals surface area contributed by atoms with Gasteiger partial charge in [0.25, 0.3) is 0 Å². The van der Waals surface area contributed by atoms with Gasteiger partial charge < -0.3 is 19.1 Å². The number of anilines is 1. The molecule has 1 aromatic rings. The van der Waals surface area contributed by atoms with E-state index in [4.69, 9.17) is 14.2 Å². The Kier molecular flexibility index (Phi) is 2.68. The van der Waals surface area contributed by atoms with Crippen LogP contribution in [0.5, 0.6) is 11.5 Å². The largest absolute Gasteiger partial charge is 0.454 e. The van der Waals surface area contributed by atoms with Crippen molar-refractivity contribution in [2.24, 2.45) is 0 Å². The van der Waals surface area contributed by atoms with Crippen LogP contribution in [0.3, 0.4) is 0 Å². The van der Waals surface area contributed by atoms with Gasteiger partial charge >= 0.3 is 0 Å². The molecule has 0 saturated carbocycles. The van der Waals surface area contributed by atoms with Crippen molar-refractivity contribution in [3.63, 3.8) is 0 Å². The summed E-state index contributed by atoms with van der Waals surface area (Å²) < 4.78 is 15.7. The SMILES string of the molecule is COCN(C)c1cc2c(cc1C)OCO2. The first-order valence-corrected chi connectivity index (χ1v) is 4.82. The molecule has 0 radical (unpaired) electrons. The maximum absolute atomic E-state index is 5.33. The minimum atomic E-state index is 0.312. The Hall–Kier alpha value is -1.42. The Balaban J connectivity index is 2.31. The normalized spacial score (nSPS) is 13.0. The molecule has 82 valence electrons. The van der Waals surface area contributed by atoms with Crippen molar-refractivity contribution in [1.29, 1.82) is 0 Å². The Labute approximate surface area is 89.4 Å². The van der Waals surface area contributed by atoms with E-state index in [1.165, 1.54) is 0 Å². The van der Waals surface area contributed by atoms with E-state index >= 15 is 0 Å². The molecular formula is C11H15NO3. The molecule has 4 heteroatoms. The lowest BCUT2D eigenvalue weighted by molar-refractivity contribution is 0.174. The molecule has 15 heavy (non-hydrogen) atoms. The molecule has 4 nitrogen and oxygen atoms in total. The lowest BCUT2D eigenvalue weighted by Gasteiger charge is -2.20. The van der Waals surface area contributed by atoms with Gasteiger partial charge in [0, 0.05) is 25.9 Å². The van der Waals surface area contributed by atoms with Crippen molar-refractivity contribution in [2.75, 3.05) is 32.6 Å². The maximum atomic E-state index is 5.33. The number of aryl methyl sites for hydroxylation is 1. The zero-order chi connectivity index (χ0) is 10.8. The first-order chi connectivity index (χ1) is 7.22. The van der Waals surface area contributed by atoms with Crippen LogP contribution in [-0.4, -0.2) is 27.7 Å². The molecule has 0 aliphatic carbocycles. The fraction of sp³-hybridized carbons (Fsp3) is 0.455. The van der Waals surface area contributed by atoms with Gasteiger partial charge in [0.15, 0.2) is 11.5 Å². The van der Waals surface area contributed by atoms with Gasteiger partial charge in [0.1, 0.15) is 6.73 Å². The minimum absolute atomic E-state index is 0.312. The summed E-state index contributed by atoms with van der Waals surface area (Å²) in [5.41, 5.74) is 2.25. The lowest BCUT2D eigenvalue weighted by atomic mass is 10.1. The number of hydrogen-bond acceptors (Lipinski definition) is 4. The number of hydrogen-bond donors (Lipinski definition) is 0. The Morgan fingerprint density at radius 1 is 1.33 bits per heavy atom. The fourth-order valence-electron chi connectivity index (χ4n) is 1.71. The topological polar surface area (TPSA) is 30.9 Å². The van der Waals surface area contributed by atoms with Gasteiger partial charge in [0.2, 0.25) is 6.79 Å². The van der Waals surface area contributed by atoms with E-state index in [2.05, 4.69) is 0 Å². The van der Waals surface area contributed by atoms with Crippen LogP contribution in [-0.2, 0) is 4.74 Å². The van der Waals surface area contributed by atoms with Gasteiger partial charge in [-0.25, -0.2) is 0 Å². The van der Waals surface area contributed by atoms with E-state index in [0.717, 1.165) is 22.7 Å². The van der Waals surface area contributed by atoms with E-state index in [1.807, 2.05) is 31.0 Å². The molecule has 0 aromatic heterocycles. The van der Waals surface area contributed by atoms with Crippen molar-refractivity contribution in [2.45, 2.75) is 6.92 Å². The van der Waals surface area contributed by atoms with Crippen LogP contribution >= 0.6 is 0 Å². The third kappa shape index (κ3) is 1.85. The number of benzene rings is 1. The molecule has 0 spiro atoms. The number of rotatable bonds is 3. The first-order valence-electron chi connectivity index (χ1n) is 4.82. The molecule has 0 amide bonds. The third-order valence-corrected chi connectivity index (χ3v) is 2.43. The van der Waals surface area contributed by atoms with Crippen molar-refractivity contribution in [3.05, 3.63) is 17.7 Å². The highest BCUT2D eigenvalue weighted by molar-refractivity contribution is 5.61. The highest BCUT2D eigenvalue weighted by Crippen LogP contribution is 2.37. The summed E-state index contributed by atoms with van der Waals surface area (Å²) in [6.45, 7) is 2.91. The lowest BCUT2D eigenvalue weighted by Crippen LogP contribution is -2.20. The molecule has 1 aromatic carbocycles. The van der Waals surface area contributed by atoms with Crippen LogP contribution in [0.2, 0.25) is 0 Å². The number of nitrogens with zero attached hydrogens (tertiary/aromatic N) is 1. The smallest absolute Gasteiger partial charge is 0.231 e. The summed E-state index contributed by atoms with van der Waals surface area (Å²) >= 11 is 0. The summed E-state index contributed by atoms with van der Waals surface area (Å²) in [6, 6.07) is 3.97. The zero-order valence-electron chi connectivity index (χ0n) is 9.24. The van der Waals surface area contributed by atoms with Gasteiger partial charge in [0.05, 0.1) is 0 Å². The first kappa shape index (κ1) is 10.1. The van der Waals surface area contributed by atoms with Crippen LogP contribution in [0, 0.1) is 6.92 Å². The summed E-state index contributed by atoms with van der Waals surface area (Å²) in [5, 5.41) is 0. The molecule has 0 N–H and O–H groups in total. The molecule has 0 unspecified atom stereocenters. The average molecular weight is 209 g/mol. The fourth-order valence-corrected chi connectivity index (χ4v) is 1.71. The van der Waals surface area contributed by atoms with Gasteiger partial charge in [-0.15, -0.1) is 0 Å². The Bertz CT molecular complexity index is 365. The van der Waals surface area contributed by atoms with Crippen LogP contribution < -0.4 is 14.4 Å². The molecular weight excluding hydrogens is 194 g/mol. The van der Waals surface area contributed by atoms with Crippen molar-refractivity contribution < 1.29 is 14.2 Å². The molecule has 1 heterocycles. The second kappa shape index (κ2) is 3.98. The molecule has 1 aliphatic heterocycles. The van der Waals surface area contributed by atoms with Crippen LogP contribution in [0.25, 0.3) is 0 Å². The minimum Gasteiger partial charge on any atom is -0.454 e. The predicted octanol–water partition coefficient (Wildman–Crippen LogP) is 1.76. The Morgan fingerprint density at radius 2 is 2.00 bits per heavy atom. The van der Waals surface area contributed by atoms with Gasteiger partial charge in [-0.05, 0) is 18.6 Å². The van der Waals surface area contributed by atoms with E-state index in [0.29, 0.717) is 13.5 Å². The van der Waals surface area contributed by atoms with Crippen LogP contribution in [0.1, 0.15) is 5.56 Å². The molecule has 0 bridgehead atoms. The summed E-state index contributed by atoms with van der Waals surface area (Å²) in [4.78, 5) is 2.03. The molecule has 0 atom stereocenters. The van der Waals surface area contributed by atoms with Gasteiger partial charge in [-0.2, -0.15) is 0 Å². The van der Waals surface area contributed by atoms with Gasteiger partial charge in [-0.3, -0.25) is 0 Å². The molecule has 1 aliphatic rings. The van der Waals surface area contributed by atoms with E-state index in [1.54, 1.807) is 7.11 Å². The summed E-state index contributed by atoms with van der Waals surface area (Å²) in [5.74, 6) is 1.63. The predicted molar refractivity (Wildman–Crippen MR) is 57.6 cm³/mol. The van der Waals surface area contributed by atoms with E-state index < -0.39 is 0 Å². The number of ether oxygens (including phenoxy) is 3. The summed E-state index contributed by atoms with van der Waals surface area (Å²) in [7, 11) is 3.66. The van der Waals surface area contributed by atoms with E-state index in [9.17, 15) is 0 Å². The van der Waals surface area contributed by atoms with Crippen LogP contribution in [0.15, 0.2) is 12.1 Å². The monoisotopic (exact) mass is 209 g/mol. The summed E-state index contributed by atoms with van der Waals surface area (Å²) in [6.07, 6.45) is 0. The molecule has 2 rings (SSSR count). The second-order valence-corrected chi connectivity index (χ2v) is 3.61. The number of fused-ring (bicyclic) bond motifs is 1.